The molecule has 0 aromatic carbocycles. The van der Waals surface area contributed by atoms with Crippen LogP contribution in [0, 0.1) is 12.1 Å². The van der Waals surface area contributed by atoms with Crippen LogP contribution in [0.5, 0.6) is 0 Å². The fraction of sp³-hybridized carbons (Fsp3) is 0.167. The van der Waals surface area contributed by atoms with Crippen molar-refractivity contribution in [2.75, 3.05) is 11.5 Å². The summed E-state index contributed by atoms with van der Waals surface area (Å²) in [6, 6.07) is 1.54. The van der Waals surface area contributed by atoms with Gasteiger partial charge in [0.05, 0.1) is 5.69 Å². The van der Waals surface area contributed by atoms with Gasteiger partial charge in [0.1, 0.15) is 5.69 Å². The fourth-order valence-electron chi connectivity index (χ4n) is 0.675. The highest BCUT2D eigenvalue weighted by Crippen LogP contribution is 2.10. The summed E-state index contributed by atoms with van der Waals surface area (Å²) in [6.07, 6.45) is 1.25. The zero-order valence-corrected chi connectivity index (χ0v) is 5.66. The molecule has 4 N–H and O–H groups in total. The number of pyridine rings is 1. The van der Waals surface area contributed by atoms with Gasteiger partial charge in [0.25, 0.3) is 0 Å². The lowest BCUT2D eigenvalue weighted by atomic mass is 10.3. The van der Waals surface area contributed by atoms with Crippen molar-refractivity contribution in [3.63, 3.8) is 0 Å². The summed E-state index contributed by atoms with van der Waals surface area (Å²) >= 11 is 0. The largest absolute Gasteiger partial charge is 0.618 e. The third kappa shape index (κ3) is 0.953. The maximum Gasteiger partial charge on any atom is 0.205 e. The molecule has 0 saturated heterocycles. The molecule has 0 unspecified atom stereocenters. The molecule has 0 aliphatic rings. The van der Waals surface area contributed by atoms with Gasteiger partial charge in [0.15, 0.2) is 5.69 Å². The van der Waals surface area contributed by atoms with Crippen LogP contribution in [0.25, 0.3) is 0 Å². The predicted octanol–water partition coefficient (Wildman–Crippen LogP) is -0.207. The highest BCUT2D eigenvalue weighted by atomic mass is 16.5. The zero-order chi connectivity index (χ0) is 7.72. The second-order valence-corrected chi connectivity index (χ2v) is 2.15. The number of aryl methyl sites for hydroxylation is 1. The first-order valence-electron chi connectivity index (χ1n) is 2.86. The molecule has 0 radical (unpaired) electrons. The number of rotatable bonds is 0. The molecule has 0 bridgehead atoms. The molecule has 0 atom stereocenters. The molecule has 1 aromatic heterocycles. The Morgan fingerprint density at radius 3 is 2.50 bits per heavy atom. The van der Waals surface area contributed by atoms with Gasteiger partial charge >= 0.3 is 0 Å². The summed E-state index contributed by atoms with van der Waals surface area (Å²) in [5.41, 5.74) is 12.1. The van der Waals surface area contributed by atoms with Gasteiger partial charge in [-0.2, -0.15) is 4.73 Å². The topological polar surface area (TPSA) is 79.0 Å². The van der Waals surface area contributed by atoms with Crippen molar-refractivity contribution < 1.29 is 4.73 Å². The third-order valence-electron chi connectivity index (χ3n) is 1.30. The molecule has 4 heteroatoms. The molecule has 0 spiro atoms. The van der Waals surface area contributed by atoms with E-state index in [-0.39, 0.29) is 0 Å². The number of anilines is 2. The van der Waals surface area contributed by atoms with E-state index in [0.717, 1.165) is 0 Å². The van der Waals surface area contributed by atoms with Gasteiger partial charge in [-0.15, -0.1) is 0 Å². The molecule has 1 heterocycles. The lowest BCUT2D eigenvalue weighted by molar-refractivity contribution is -0.611. The normalized spacial score (nSPS) is 9.70. The molecular formula is C6H9N3O. The first-order chi connectivity index (χ1) is 4.61. The highest BCUT2D eigenvalue weighted by molar-refractivity contribution is 5.60. The van der Waals surface area contributed by atoms with E-state index in [2.05, 4.69) is 0 Å². The van der Waals surface area contributed by atoms with E-state index in [0.29, 0.717) is 21.8 Å². The molecule has 10 heavy (non-hydrogen) atoms. The maximum atomic E-state index is 10.8. The smallest absolute Gasteiger partial charge is 0.205 e. The van der Waals surface area contributed by atoms with Gasteiger partial charge in [0, 0.05) is 13.0 Å². The maximum absolute atomic E-state index is 10.8. The van der Waals surface area contributed by atoms with Crippen LogP contribution in [0.1, 0.15) is 5.69 Å². The number of nitrogens with two attached hydrogens (primary N) is 2. The van der Waals surface area contributed by atoms with Crippen LogP contribution in [0.15, 0.2) is 12.3 Å². The van der Waals surface area contributed by atoms with E-state index in [4.69, 9.17) is 11.5 Å². The van der Waals surface area contributed by atoms with Crippen LogP contribution in [-0.4, -0.2) is 0 Å². The fourth-order valence-corrected chi connectivity index (χ4v) is 0.675. The second kappa shape index (κ2) is 2.06. The molecule has 54 valence electrons. The monoisotopic (exact) mass is 139 g/mol. The van der Waals surface area contributed by atoms with Crippen molar-refractivity contribution in [2.24, 2.45) is 0 Å². The molecule has 0 aliphatic carbocycles. The molecule has 1 rings (SSSR count). The average molecular weight is 139 g/mol. The van der Waals surface area contributed by atoms with Gasteiger partial charge < -0.3 is 16.7 Å². The number of hydrogen-bond acceptors (Lipinski definition) is 3. The van der Waals surface area contributed by atoms with Crippen LogP contribution in [0.3, 0.4) is 0 Å². The standard InChI is InChI=1S/C6H9N3O/c1-4-2-5(7)6(8)3-9(4)10/h2-3H,7-8H2,1H3. The van der Waals surface area contributed by atoms with Crippen LogP contribution >= 0.6 is 0 Å². The predicted molar refractivity (Wildman–Crippen MR) is 39.0 cm³/mol. The highest BCUT2D eigenvalue weighted by Gasteiger charge is 2.02. The van der Waals surface area contributed by atoms with Gasteiger partial charge in [-0.1, -0.05) is 0 Å². The number of hydrogen-bond donors (Lipinski definition) is 2. The third-order valence-corrected chi connectivity index (χ3v) is 1.30. The Bertz CT molecular complexity index is 209. The van der Waals surface area contributed by atoms with Crippen molar-refractivity contribution in [1.29, 1.82) is 0 Å². The second-order valence-electron chi connectivity index (χ2n) is 2.15. The lowest BCUT2D eigenvalue weighted by Crippen LogP contribution is -2.30. The average Bonchev–Trinajstić information content (AvgIpc) is 1.84. The SMILES string of the molecule is Cc1cc(N)c(N)c[n+]1[O-]. The Hall–Kier alpha value is -1.45. The molecule has 1 aromatic rings. The minimum Gasteiger partial charge on any atom is -0.618 e. The van der Waals surface area contributed by atoms with E-state index in [1.165, 1.54) is 6.20 Å². The van der Waals surface area contributed by atoms with Crippen LogP contribution < -0.4 is 16.2 Å². The molecular weight excluding hydrogens is 130 g/mol. The lowest BCUT2D eigenvalue weighted by Gasteiger charge is -2.02. The van der Waals surface area contributed by atoms with Crippen molar-refractivity contribution >= 4 is 11.4 Å². The first kappa shape index (κ1) is 6.67. The van der Waals surface area contributed by atoms with Crippen molar-refractivity contribution in [3.8, 4) is 0 Å². The van der Waals surface area contributed by atoms with Crippen LogP contribution in [-0.2, 0) is 0 Å². The van der Waals surface area contributed by atoms with Crippen LogP contribution in [0.4, 0.5) is 11.4 Å². The minimum absolute atomic E-state index is 0.320. The van der Waals surface area contributed by atoms with E-state index in [1.54, 1.807) is 13.0 Å². The Morgan fingerprint density at radius 1 is 1.40 bits per heavy atom. The van der Waals surface area contributed by atoms with Crippen LogP contribution in [0.2, 0.25) is 0 Å². The number of aromatic nitrogens is 1. The van der Waals surface area contributed by atoms with Crippen molar-refractivity contribution in [1.82, 2.24) is 0 Å². The first-order valence-corrected chi connectivity index (χ1v) is 2.86. The van der Waals surface area contributed by atoms with Gasteiger partial charge in [-0.05, 0) is 0 Å². The number of nitrogens with zero attached hydrogens (tertiary/aromatic N) is 1. The Labute approximate surface area is 58.7 Å². The van der Waals surface area contributed by atoms with E-state index < -0.39 is 0 Å². The minimum atomic E-state index is 0.320. The summed E-state index contributed by atoms with van der Waals surface area (Å²) in [6.45, 7) is 1.67. The van der Waals surface area contributed by atoms with Crippen molar-refractivity contribution in [2.45, 2.75) is 6.92 Å². The molecule has 0 aliphatic heterocycles. The van der Waals surface area contributed by atoms with Crippen molar-refractivity contribution in [3.05, 3.63) is 23.2 Å². The Kier molecular flexibility index (Phi) is 1.37. The summed E-state index contributed by atoms with van der Waals surface area (Å²) in [7, 11) is 0. The van der Waals surface area contributed by atoms with E-state index in [9.17, 15) is 5.21 Å². The molecule has 4 nitrogen and oxygen atoms in total. The number of nitrogen functional groups attached to an aromatic ring is 2. The van der Waals surface area contributed by atoms with E-state index >= 15 is 0 Å². The summed E-state index contributed by atoms with van der Waals surface area (Å²) < 4.78 is 0.686. The molecule has 0 amide bonds. The summed E-state index contributed by atoms with van der Waals surface area (Å²) in [5, 5.41) is 10.8. The molecule has 0 fully saturated rings. The van der Waals surface area contributed by atoms with Gasteiger partial charge in [-0.25, -0.2) is 0 Å². The summed E-state index contributed by atoms with van der Waals surface area (Å²) in [4.78, 5) is 0. The van der Waals surface area contributed by atoms with Gasteiger partial charge in [0.2, 0.25) is 6.20 Å². The summed E-state index contributed by atoms with van der Waals surface area (Å²) in [5.74, 6) is 0. The van der Waals surface area contributed by atoms with E-state index in [1.807, 2.05) is 0 Å². The Morgan fingerprint density at radius 2 is 2.00 bits per heavy atom. The zero-order valence-electron chi connectivity index (χ0n) is 5.66. The van der Waals surface area contributed by atoms with Gasteiger partial charge in [-0.3, -0.25) is 0 Å². The Balaban J connectivity index is 3.28. The quantitative estimate of drug-likeness (QED) is 0.385. The molecule has 0 saturated carbocycles.